The number of para-hydroxylation sites is 1. The van der Waals surface area contributed by atoms with Gasteiger partial charge in [0.15, 0.2) is 5.78 Å². The first-order valence-electron chi connectivity index (χ1n) is 10.3. The van der Waals surface area contributed by atoms with E-state index < -0.39 is 0 Å². The van der Waals surface area contributed by atoms with Crippen molar-refractivity contribution < 1.29 is 4.79 Å². The first-order chi connectivity index (χ1) is 14.9. The molecular weight excluding hydrogens is 418 g/mol. The summed E-state index contributed by atoms with van der Waals surface area (Å²) in [6.07, 6.45) is 11.5. The van der Waals surface area contributed by atoms with Crippen LogP contribution in [-0.4, -0.2) is 12.8 Å². The zero-order valence-corrected chi connectivity index (χ0v) is 19.4. The highest BCUT2D eigenvalue weighted by Crippen LogP contribution is 2.46. The lowest BCUT2D eigenvalue weighted by Crippen LogP contribution is -2.22. The molecule has 31 heavy (non-hydrogen) atoms. The minimum absolute atomic E-state index is 0.00970. The topological polar surface area (TPSA) is 20.3 Å². The van der Waals surface area contributed by atoms with E-state index in [4.69, 9.17) is 0 Å². The molecule has 0 unspecified atom stereocenters. The number of rotatable bonds is 1. The van der Waals surface area contributed by atoms with Gasteiger partial charge in [-0.2, -0.15) is 0 Å². The number of nitrogens with zero attached hydrogens (tertiary/aromatic N) is 1. The number of thiophene rings is 2. The second-order valence-corrected chi connectivity index (χ2v) is 10.5. The summed E-state index contributed by atoms with van der Waals surface area (Å²) in [4.78, 5) is 13.7. The van der Waals surface area contributed by atoms with Crippen LogP contribution in [0.15, 0.2) is 84.6 Å². The van der Waals surface area contributed by atoms with Crippen LogP contribution in [-0.2, 0) is 10.2 Å². The number of benzene rings is 1. The Balaban J connectivity index is 1.54. The molecule has 3 aromatic rings. The summed E-state index contributed by atoms with van der Waals surface area (Å²) in [6.45, 7) is 4.59. The Morgan fingerprint density at radius 1 is 0.806 bits per heavy atom. The lowest BCUT2D eigenvalue weighted by atomic mass is 9.84. The van der Waals surface area contributed by atoms with Crippen LogP contribution >= 0.6 is 22.7 Å². The van der Waals surface area contributed by atoms with Crippen LogP contribution in [0.3, 0.4) is 0 Å². The van der Waals surface area contributed by atoms with Gasteiger partial charge in [-0.3, -0.25) is 4.79 Å². The average molecular weight is 442 g/mol. The molecule has 0 N–H and O–H groups in total. The van der Waals surface area contributed by atoms with E-state index >= 15 is 0 Å². The van der Waals surface area contributed by atoms with E-state index in [1.165, 1.54) is 35.1 Å². The Kier molecular flexibility index (Phi) is 4.92. The molecule has 4 heteroatoms. The average Bonchev–Trinajstić information content (AvgIpc) is 3.47. The fourth-order valence-corrected chi connectivity index (χ4v) is 6.29. The van der Waals surface area contributed by atoms with E-state index in [1.807, 2.05) is 23.5 Å². The van der Waals surface area contributed by atoms with Gasteiger partial charge in [-0.05, 0) is 77.9 Å². The third-order valence-electron chi connectivity index (χ3n) is 5.96. The largest absolute Gasteiger partial charge is 0.347 e. The number of likely N-dealkylation sites (N-methyl/N-ethyl adjacent to an activating group) is 1. The Hall–Kier alpha value is -2.95. The highest BCUT2D eigenvalue weighted by atomic mass is 32.1. The van der Waals surface area contributed by atoms with Crippen molar-refractivity contribution >= 4 is 45.8 Å². The van der Waals surface area contributed by atoms with Crippen LogP contribution < -0.4 is 14.0 Å². The zero-order chi connectivity index (χ0) is 21.6. The third-order valence-corrected chi connectivity index (χ3v) is 8.34. The molecule has 1 aliphatic carbocycles. The van der Waals surface area contributed by atoms with Crippen LogP contribution in [0, 0.1) is 9.06 Å². The second-order valence-electron chi connectivity index (χ2n) is 8.31. The summed E-state index contributed by atoms with van der Waals surface area (Å²) < 4.78 is 4.95. The minimum Gasteiger partial charge on any atom is -0.347 e. The monoisotopic (exact) mass is 441 g/mol. The Morgan fingerprint density at radius 3 is 2.26 bits per heavy atom. The van der Waals surface area contributed by atoms with Gasteiger partial charge in [-0.15, -0.1) is 22.7 Å². The van der Waals surface area contributed by atoms with Gasteiger partial charge < -0.3 is 4.90 Å². The molecule has 2 aromatic heterocycles. The van der Waals surface area contributed by atoms with Crippen molar-refractivity contribution in [3.8, 4) is 0 Å². The molecule has 0 spiro atoms. The first-order valence-corrected chi connectivity index (χ1v) is 11.9. The Morgan fingerprint density at radius 2 is 1.48 bits per heavy atom. The molecule has 3 heterocycles. The van der Waals surface area contributed by atoms with Crippen LogP contribution in [0.25, 0.3) is 11.6 Å². The number of carbonyl (C=O) groups is 1. The van der Waals surface area contributed by atoms with Gasteiger partial charge >= 0.3 is 0 Å². The molecule has 0 bridgehead atoms. The van der Waals surface area contributed by atoms with E-state index in [9.17, 15) is 4.79 Å². The normalized spacial score (nSPS) is 20.2. The van der Waals surface area contributed by atoms with E-state index in [-0.39, 0.29) is 11.2 Å². The van der Waals surface area contributed by atoms with Crippen LogP contribution in [0.1, 0.15) is 19.4 Å². The van der Waals surface area contributed by atoms with Gasteiger partial charge in [0.2, 0.25) is 0 Å². The van der Waals surface area contributed by atoms with E-state index in [2.05, 4.69) is 86.5 Å². The highest BCUT2D eigenvalue weighted by Gasteiger charge is 2.37. The van der Waals surface area contributed by atoms with Gasteiger partial charge in [-0.1, -0.05) is 32.0 Å². The number of fused-ring (bicyclic) bond motifs is 1. The quantitative estimate of drug-likeness (QED) is 0.528. The van der Waals surface area contributed by atoms with Crippen molar-refractivity contribution in [1.29, 1.82) is 0 Å². The van der Waals surface area contributed by atoms with Crippen molar-refractivity contribution in [3.63, 3.8) is 0 Å². The van der Waals surface area contributed by atoms with E-state index in [0.717, 1.165) is 5.57 Å². The Bertz CT molecular complexity index is 1480. The lowest BCUT2D eigenvalue weighted by Gasteiger charge is -2.23. The molecular formula is C27H23NOS2. The van der Waals surface area contributed by atoms with Crippen molar-refractivity contribution in [2.45, 2.75) is 19.3 Å². The maximum atomic E-state index is 11.4. The number of allylic oxidation sites excluding steroid dienone is 6. The number of anilines is 1. The molecule has 0 saturated heterocycles. The predicted molar refractivity (Wildman–Crippen MR) is 133 cm³/mol. The summed E-state index contributed by atoms with van der Waals surface area (Å²) in [5, 5.41) is 0. The summed E-state index contributed by atoms with van der Waals surface area (Å²) >= 11 is 3.57. The highest BCUT2D eigenvalue weighted by molar-refractivity contribution is 7.11. The number of carbonyl (C=O) groups excluding carboxylic acids is 1. The number of hydrogen-bond acceptors (Lipinski definition) is 4. The molecule has 1 aromatic carbocycles. The number of ketones is 1. The Labute approximate surface area is 189 Å². The zero-order valence-electron chi connectivity index (χ0n) is 17.8. The van der Waals surface area contributed by atoms with Crippen LogP contribution in [0.4, 0.5) is 5.69 Å². The standard InChI is InChI=1S/C27H23NOS2/c1-27(2)21-6-4-5-7-22(21)28(3)26(27)17-13-20-12-14-24(30-20)25-16-15-23(31-25)18-8-10-19(29)11-9-18/h4-17H,1-3H3/b20-13+,25-24+,26-17-. The van der Waals surface area contributed by atoms with Crippen molar-refractivity contribution in [2.24, 2.45) is 0 Å². The molecule has 0 radical (unpaired) electrons. The SMILES string of the molecule is CN1/C(=C\C=c2/cc/c(=c3/ccc(=C4C=CC(=O)C=C4)s3)s2)C(C)(C)c2ccccc21. The van der Waals surface area contributed by atoms with Gasteiger partial charge in [0.05, 0.1) is 0 Å². The third kappa shape index (κ3) is 3.56. The van der Waals surface area contributed by atoms with Crippen molar-refractivity contribution in [3.05, 3.63) is 108 Å². The molecule has 0 amide bonds. The van der Waals surface area contributed by atoms with E-state index in [0.29, 0.717) is 0 Å². The molecule has 0 fully saturated rings. The molecule has 0 saturated carbocycles. The molecule has 5 rings (SSSR count). The summed E-state index contributed by atoms with van der Waals surface area (Å²) in [5.41, 5.74) is 5.05. The molecule has 0 atom stereocenters. The second kappa shape index (κ2) is 7.63. The van der Waals surface area contributed by atoms with Gasteiger partial charge in [0.1, 0.15) is 0 Å². The maximum absolute atomic E-state index is 11.4. The summed E-state index contributed by atoms with van der Waals surface area (Å²) in [6, 6.07) is 17.4. The summed E-state index contributed by atoms with van der Waals surface area (Å²) in [5.74, 6) is 0.0484. The fourth-order valence-electron chi connectivity index (χ4n) is 4.28. The van der Waals surface area contributed by atoms with E-state index in [1.54, 1.807) is 23.5 Å². The van der Waals surface area contributed by atoms with Gasteiger partial charge in [0, 0.05) is 42.0 Å². The maximum Gasteiger partial charge on any atom is 0.178 e. The molecule has 1 aliphatic heterocycles. The van der Waals surface area contributed by atoms with Gasteiger partial charge in [0.25, 0.3) is 0 Å². The predicted octanol–water partition coefficient (Wildman–Crippen LogP) is 5.03. The summed E-state index contributed by atoms with van der Waals surface area (Å²) in [7, 11) is 2.15. The lowest BCUT2D eigenvalue weighted by molar-refractivity contribution is -0.110. The molecule has 2 aliphatic rings. The van der Waals surface area contributed by atoms with Crippen molar-refractivity contribution in [2.75, 3.05) is 11.9 Å². The fraction of sp³-hybridized carbons (Fsp3) is 0.148. The van der Waals surface area contributed by atoms with Gasteiger partial charge in [-0.25, -0.2) is 0 Å². The first kappa shape index (κ1) is 20.0. The van der Waals surface area contributed by atoms with Crippen molar-refractivity contribution in [1.82, 2.24) is 0 Å². The molecule has 154 valence electrons. The van der Waals surface area contributed by atoms with Crippen LogP contribution in [0.5, 0.6) is 0 Å². The molecule has 2 nitrogen and oxygen atoms in total. The minimum atomic E-state index is -0.00970. The number of hydrogen-bond donors (Lipinski definition) is 0. The van der Waals surface area contributed by atoms with Crippen LogP contribution in [0.2, 0.25) is 0 Å². The smallest absolute Gasteiger partial charge is 0.178 e.